The van der Waals surface area contributed by atoms with Crippen LogP contribution in [-0.2, 0) is 4.74 Å². The maximum Gasteiger partial charge on any atom is 0.357 e. The number of hydrogen-bond acceptors (Lipinski definition) is 4. The van der Waals surface area contributed by atoms with Gasteiger partial charge < -0.3 is 4.74 Å². The molecule has 4 rings (SSSR count). The molecule has 0 saturated heterocycles. The van der Waals surface area contributed by atoms with Crippen molar-refractivity contribution in [2.24, 2.45) is 0 Å². The maximum absolute atomic E-state index is 12.3. The van der Waals surface area contributed by atoms with E-state index in [4.69, 9.17) is 4.74 Å². The number of fused-ring (bicyclic) bond motifs is 1. The van der Waals surface area contributed by atoms with Gasteiger partial charge in [-0.15, -0.1) is 0 Å². The van der Waals surface area contributed by atoms with Crippen molar-refractivity contribution in [3.05, 3.63) is 78.6 Å². The molecule has 0 radical (unpaired) electrons. The predicted octanol–water partition coefficient (Wildman–Crippen LogP) is 4.26. The summed E-state index contributed by atoms with van der Waals surface area (Å²) < 4.78 is 6.97. The summed E-state index contributed by atoms with van der Waals surface area (Å²) >= 11 is 0. The van der Waals surface area contributed by atoms with Crippen molar-refractivity contribution in [3.8, 4) is 16.9 Å². The minimum Gasteiger partial charge on any atom is -0.461 e. The maximum atomic E-state index is 12.3. The summed E-state index contributed by atoms with van der Waals surface area (Å²) in [5, 5.41) is 5.41. The van der Waals surface area contributed by atoms with Crippen LogP contribution < -0.4 is 0 Å². The van der Waals surface area contributed by atoms with Crippen LogP contribution in [0.15, 0.2) is 72.9 Å². The third-order valence-corrected chi connectivity index (χ3v) is 4.10. The van der Waals surface area contributed by atoms with Crippen LogP contribution in [0.3, 0.4) is 0 Å². The van der Waals surface area contributed by atoms with Gasteiger partial charge in [-0.1, -0.05) is 48.5 Å². The fraction of sp³-hybridized carbons (Fsp3) is 0.0952. The molecule has 0 aliphatic heterocycles. The lowest BCUT2D eigenvalue weighted by molar-refractivity contribution is 0.0520. The van der Waals surface area contributed by atoms with E-state index in [9.17, 15) is 4.79 Å². The van der Waals surface area contributed by atoms with Crippen molar-refractivity contribution in [2.75, 3.05) is 6.61 Å². The lowest BCUT2D eigenvalue weighted by atomic mass is 10.1. The number of carbonyl (C=O) groups is 1. The van der Waals surface area contributed by atoms with Crippen molar-refractivity contribution in [2.45, 2.75) is 6.92 Å². The minimum absolute atomic E-state index is 0.274. The van der Waals surface area contributed by atoms with Gasteiger partial charge in [0.2, 0.25) is 0 Å². The van der Waals surface area contributed by atoms with Crippen LogP contribution in [0.2, 0.25) is 0 Å². The van der Waals surface area contributed by atoms with E-state index in [1.807, 2.05) is 65.3 Å². The Morgan fingerprint density at radius 1 is 1.04 bits per heavy atom. The van der Waals surface area contributed by atoms with Gasteiger partial charge >= 0.3 is 5.97 Å². The minimum atomic E-state index is -0.438. The average Bonchev–Trinajstić information content (AvgIpc) is 3.13. The molecule has 128 valence electrons. The molecular weight excluding hydrogens is 326 g/mol. The molecule has 2 aromatic carbocycles. The number of carbonyl (C=O) groups excluding carboxylic acids is 1. The Balaban J connectivity index is 1.98. The summed E-state index contributed by atoms with van der Waals surface area (Å²) in [4.78, 5) is 16.9. The molecular formula is C21H17N3O2. The Hall–Kier alpha value is -3.47. The first-order chi connectivity index (χ1) is 12.8. The number of para-hydroxylation sites is 1. The molecule has 0 bridgehead atoms. The van der Waals surface area contributed by atoms with Gasteiger partial charge in [0.25, 0.3) is 0 Å². The van der Waals surface area contributed by atoms with Gasteiger partial charge in [0.05, 0.1) is 29.7 Å². The fourth-order valence-corrected chi connectivity index (χ4v) is 2.92. The first kappa shape index (κ1) is 16.0. The molecule has 4 aromatic rings. The average molecular weight is 343 g/mol. The largest absolute Gasteiger partial charge is 0.461 e. The van der Waals surface area contributed by atoms with Crippen molar-refractivity contribution in [1.29, 1.82) is 0 Å². The molecule has 2 heterocycles. The molecule has 2 aromatic heterocycles. The summed E-state index contributed by atoms with van der Waals surface area (Å²) in [5.74, 6) is -0.438. The van der Waals surface area contributed by atoms with Crippen LogP contribution in [0.1, 0.15) is 17.4 Å². The van der Waals surface area contributed by atoms with Crippen LogP contribution in [0, 0.1) is 0 Å². The van der Waals surface area contributed by atoms with Crippen molar-refractivity contribution in [1.82, 2.24) is 14.8 Å². The molecule has 0 saturated carbocycles. The monoisotopic (exact) mass is 343 g/mol. The molecule has 0 fully saturated rings. The van der Waals surface area contributed by atoms with E-state index in [1.165, 1.54) is 0 Å². The lowest BCUT2D eigenvalue weighted by Crippen LogP contribution is -2.08. The number of rotatable bonds is 4. The molecule has 5 heteroatoms. The fourth-order valence-electron chi connectivity index (χ4n) is 2.92. The normalized spacial score (nSPS) is 10.8. The second-order valence-electron chi connectivity index (χ2n) is 5.77. The Kier molecular flexibility index (Phi) is 4.19. The van der Waals surface area contributed by atoms with Gasteiger partial charge in [-0.25, -0.2) is 14.5 Å². The van der Waals surface area contributed by atoms with Crippen molar-refractivity contribution in [3.63, 3.8) is 0 Å². The number of hydrogen-bond donors (Lipinski definition) is 0. The standard InChI is InChI=1S/C21H17N3O2/c1-2-26-21(25)18-13-19-17(20(23-18)15-9-5-3-6-10-15)14-22-24(19)16-11-7-4-8-12-16/h3-14H,2H2,1H3. The summed E-state index contributed by atoms with van der Waals surface area (Å²) in [7, 11) is 0. The number of benzene rings is 2. The molecule has 0 aliphatic carbocycles. The van der Waals surface area contributed by atoms with Gasteiger partial charge in [-0.2, -0.15) is 5.10 Å². The second-order valence-corrected chi connectivity index (χ2v) is 5.77. The molecule has 0 unspecified atom stereocenters. The topological polar surface area (TPSA) is 57.0 Å². The third-order valence-electron chi connectivity index (χ3n) is 4.10. The predicted molar refractivity (Wildman–Crippen MR) is 100 cm³/mol. The summed E-state index contributed by atoms with van der Waals surface area (Å²) in [5.41, 5.74) is 3.65. The van der Waals surface area contributed by atoms with Gasteiger partial charge in [0.15, 0.2) is 5.69 Å². The van der Waals surface area contributed by atoms with Gasteiger partial charge in [-0.05, 0) is 25.1 Å². The van der Waals surface area contributed by atoms with Crippen LogP contribution in [-0.4, -0.2) is 27.3 Å². The lowest BCUT2D eigenvalue weighted by Gasteiger charge is -2.09. The first-order valence-electron chi connectivity index (χ1n) is 8.44. The zero-order chi connectivity index (χ0) is 17.9. The van der Waals surface area contributed by atoms with Crippen LogP contribution in [0.5, 0.6) is 0 Å². The molecule has 0 spiro atoms. The number of pyridine rings is 1. The summed E-state index contributed by atoms with van der Waals surface area (Å²) in [6.45, 7) is 2.08. The zero-order valence-corrected chi connectivity index (χ0v) is 14.3. The summed E-state index contributed by atoms with van der Waals surface area (Å²) in [6, 6.07) is 21.3. The summed E-state index contributed by atoms with van der Waals surface area (Å²) in [6.07, 6.45) is 1.78. The highest BCUT2D eigenvalue weighted by atomic mass is 16.5. The highest BCUT2D eigenvalue weighted by Gasteiger charge is 2.17. The Bertz CT molecular complexity index is 1060. The van der Waals surface area contributed by atoms with E-state index in [-0.39, 0.29) is 5.69 Å². The molecule has 0 amide bonds. The van der Waals surface area contributed by atoms with E-state index in [2.05, 4.69) is 10.1 Å². The second kappa shape index (κ2) is 6.80. The molecule has 0 atom stereocenters. The van der Waals surface area contributed by atoms with Crippen LogP contribution in [0.25, 0.3) is 27.8 Å². The molecule has 5 nitrogen and oxygen atoms in total. The molecule has 26 heavy (non-hydrogen) atoms. The van der Waals surface area contributed by atoms with E-state index in [1.54, 1.807) is 19.2 Å². The van der Waals surface area contributed by atoms with Crippen molar-refractivity contribution < 1.29 is 9.53 Å². The van der Waals surface area contributed by atoms with E-state index >= 15 is 0 Å². The van der Waals surface area contributed by atoms with E-state index in [0.29, 0.717) is 12.3 Å². The first-order valence-corrected chi connectivity index (χ1v) is 8.44. The Morgan fingerprint density at radius 3 is 2.42 bits per heavy atom. The van der Waals surface area contributed by atoms with Crippen molar-refractivity contribution >= 4 is 16.9 Å². The van der Waals surface area contributed by atoms with E-state index < -0.39 is 5.97 Å². The number of esters is 1. The number of nitrogens with zero attached hydrogens (tertiary/aromatic N) is 3. The third kappa shape index (κ3) is 2.84. The Labute approximate surface area is 150 Å². The van der Waals surface area contributed by atoms with E-state index in [0.717, 1.165) is 22.2 Å². The highest BCUT2D eigenvalue weighted by molar-refractivity contribution is 5.98. The zero-order valence-electron chi connectivity index (χ0n) is 14.3. The Morgan fingerprint density at radius 2 is 1.73 bits per heavy atom. The van der Waals surface area contributed by atoms with Crippen LogP contribution >= 0.6 is 0 Å². The van der Waals surface area contributed by atoms with Gasteiger partial charge in [0.1, 0.15) is 0 Å². The van der Waals surface area contributed by atoms with Gasteiger partial charge in [-0.3, -0.25) is 0 Å². The highest BCUT2D eigenvalue weighted by Crippen LogP contribution is 2.29. The smallest absolute Gasteiger partial charge is 0.357 e. The molecule has 0 N–H and O–H groups in total. The SMILES string of the molecule is CCOC(=O)c1cc2c(cnn2-c2ccccc2)c(-c2ccccc2)n1. The molecule has 0 aliphatic rings. The number of ether oxygens (including phenoxy) is 1. The number of aromatic nitrogens is 3. The van der Waals surface area contributed by atoms with Gasteiger partial charge in [0, 0.05) is 10.9 Å². The van der Waals surface area contributed by atoms with Crippen LogP contribution in [0.4, 0.5) is 0 Å². The quantitative estimate of drug-likeness (QED) is 0.519.